The van der Waals surface area contributed by atoms with Crippen LogP contribution in [0.5, 0.6) is 17.2 Å². The zero-order valence-corrected chi connectivity index (χ0v) is 18.0. The van der Waals surface area contributed by atoms with Crippen LogP contribution in [0.4, 0.5) is 0 Å². The summed E-state index contributed by atoms with van der Waals surface area (Å²) in [5.41, 5.74) is 3.72. The third-order valence-electron chi connectivity index (χ3n) is 6.45. The lowest BCUT2D eigenvalue weighted by molar-refractivity contribution is 0.0170. The average molecular weight is 416 g/mol. The monoisotopic (exact) mass is 415 g/mol. The van der Waals surface area contributed by atoms with Gasteiger partial charge in [-0.2, -0.15) is 0 Å². The summed E-state index contributed by atoms with van der Waals surface area (Å²) in [6.07, 6.45) is 3.11. The molecule has 2 aliphatic rings. The van der Waals surface area contributed by atoms with Gasteiger partial charge in [0.25, 0.3) is 0 Å². The Morgan fingerprint density at radius 2 is 1.61 bits per heavy atom. The van der Waals surface area contributed by atoms with Crippen molar-refractivity contribution in [3.8, 4) is 17.2 Å². The van der Waals surface area contributed by atoms with Crippen LogP contribution in [-0.2, 0) is 19.6 Å². The number of hydrogen-bond acceptors (Lipinski definition) is 4. The molecule has 0 aliphatic carbocycles. The maximum absolute atomic E-state index is 6.48. The van der Waals surface area contributed by atoms with Gasteiger partial charge in [-0.15, -0.1) is 0 Å². The lowest BCUT2D eigenvalue weighted by atomic mass is 9.87. The molecule has 3 aromatic carbocycles. The van der Waals surface area contributed by atoms with Crippen molar-refractivity contribution < 1.29 is 14.2 Å². The van der Waals surface area contributed by atoms with E-state index in [4.69, 9.17) is 14.2 Å². The first-order valence-electron chi connectivity index (χ1n) is 11.1. The first-order chi connectivity index (χ1) is 15.2. The molecule has 0 bridgehead atoms. The maximum atomic E-state index is 6.48. The van der Waals surface area contributed by atoms with E-state index in [9.17, 15) is 0 Å². The fraction of sp³-hybridized carbons (Fsp3) is 0.333. The molecule has 0 atom stereocenters. The molecule has 0 amide bonds. The van der Waals surface area contributed by atoms with Crippen LogP contribution < -0.4 is 14.2 Å². The van der Waals surface area contributed by atoms with E-state index in [1.165, 1.54) is 11.1 Å². The van der Waals surface area contributed by atoms with Crippen molar-refractivity contribution in [3.63, 3.8) is 0 Å². The van der Waals surface area contributed by atoms with Gasteiger partial charge in [0.1, 0.15) is 29.5 Å². The van der Waals surface area contributed by atoms with E-state index in [1.807, 2.05) is 30.3 Å². The van der Waals surface area contributed by atoms with Gasteiger partial charge in [-0.3, -0.25) is 4.90 Å². The molecule has 5 rings (SSSR count). The Balaban J connectivity index is 1.17. The number of ether oxygens (including phenoxy) is 3. The molecule has 0 radical (unpaired) electrons. The summed E-state index contributed by atoms with van der Waals surface area (Å²) < 4.78 is 17.7. The molecule has 0 N–H and O–H groups in total. The Morgan fingerprint density at radius 3 is 2.35 bits per heavy atom. The number of methoxy groups -OCH3 is 1. The second-order valence-corrected chi connectivity index (χ2v) is 8.63. The number of rotatable bonds is 6. The average Bonchev–Trinajstić information content (AvgIpc) is 3.17. The van der Waals surface area contributed by atoms with Crippen LogP contribution in [0, 0.1) is 0 Å². The standard InChI is InChI=1S/C27H29NO3/c1-29-24-9-7-22(8-10-24)20-30-25-11-12-26-23(17-25)18-27(31-26)13-15-28(16-14-27)19-21-5-3-2-4-6-21/h2-12,17H,13-16,18-20H2,1H3. The van der Waals surface area contributed by atoms with Crippen LogP contribution in [0.1, 0.15) is 29.5 Å². The van der Waals surface area contributed by atoms with Crippen LogP contribution in [-0.4, -0.2) is 30.7 Å². The van der Waals surface area contributed by atoms with Gasteiger partial charge in [0.15, 0.2) is 0 Å². The molecule has 0 aromatic heterocycles. The molecule has 2 heterocycles. The van der Waals surface area contributed by atoms with Crippen LogP contribution in [0.25, 0.3) is 0 Å². The quantitative estimate of drug-likeness (QED) is 0.551. The second kappa shape index (κ2) is 8.64. The van der Waals surface area contributed by atoms with Gasteiger partial charge in [0, 0.05) is 44.5 Å². The molecule has 160 valence electrons. The predicted octanol–water partition coefficient (Wildman–Crippen LogP) is 5.24. The van der Waals surface area contributed by atoms with Gasteiger partial charge >= 0.3 is 0 Å². The van der Waals surface area contributed by atoms with Gasteiger partial charge in [0.2, 0.25) is 0 Å². The number of benzene rings is 3. The van der Waals surface area contributed by atoms with Gasteiger partial charge in [-0.1, -0.05) is 42.5 Å². The van der Waals surface area contributed by atoms with E-state index in [1.54, 1.807) is 7.11 Å². The number of hydrogen-bond donors (Lipinski definition) is 0. The highest BCUT2D eigenvalue weighted by Gasteiger charge is 2.42. The third-order valence-corrected chi connectivity index (χ3v) is 6.45. The lowest BCUT2D eigenvalue weighted by Gasteiger charge is -2.38. The van der Waals surface area contributed by atoms with Crippen molar-refractivity contribution in [1.29, 1.82) is 0 Å². The Kier molecular flexibility index (Phi) is 5.56. The van der Waals surface area contributed by atoms with E-state index in [-0.39, 0.29) is 5.60 Å². The minimum Gasteiger partial charge on any atom is -0.497 e. The van der Waals surface area contributed by atoms with Crippen LogP contribution in [0.15, 0.2) is 72.8 Å². The van der Waals surface area contributed by atoms with E-state index >= 15 is 0 Å². The Labute approximate surface area is 184 Å². The summed E-state index contributed by atoms with van der Waals surface area (Å²) in [4.78, 5) is 2.54. The first-order valence-corrected chi connectivity index (χ1v) is 11.1. The Hall–Kier alpha value is -2.98. The lowest BCUT2D eigenvalue weighted by Crippen LogP contribution is -2.46. The van der Waals surface area contributed by atoms with Crippen LogP contribution in [0.3, 0.4) is 0 Å². The van der Waals surface area contributed by atoms with Crippen LogP contribution >= 0.6 is 0 Å². The van der Waals surface area contributed by atoms with Crippen molar-refractivity contribution in [3.05, 3.63) is 89.5 Å². The Bertz CT molecular complexity index is 1010. The van der Waals surface area contributed by atoms with Gasteiger partial charge in [0.05, 0.1) is 7.11 Å². The number of piperidine rings is 1. The third kappa shape index (κ3) is 4.54. The number of likely N-dealkylation sites (tertiary alicyclic amines) is 1. The second-order valence-electron chi connectivity index (χ2n) is 8.63. The van der Waals surface area contributed by atoms with E-state index in [2.05, 4.69) is 47.4 Å². The summed E-state index contributed by atoms with van der Waals surface area (Å²) >= 11 is 0. The summed E-state index contributed by atoms with van der Waals surface area (Å²) in [6, 6.07) is 25.0. The van der Waals surface area contributed by atoms with Gasteiger partial charge in [-0.05, 0) is 41.5 Å². The maximum Gasteiger partial charge on any atom is 0.123 e. The summed E-state index contributed by atoms with van der Waals surface area (Å²) in [6.45, 7) is 3.71. The minimum atomic E-state index is -0.0515. The van der Waals surface area contributed by atoms with Crippen molar-refractivity contribution in [2.75, 3.05) is 20.2 Å². The highest BCUT2D eigenvalue weighted by molar-refractivity contribution is 5.45. The summed E-state index contributed by atoms with van der Waals surface area (Å²) in [5.74, 6) is 2.78. The molecule has 2 aliphatic heterocycles. The summed E-state index contributed by atoms with van der Waals surface area (Å²) in [5, 5.41) is 0. The molecular weight excluding hydrogens is 386 g/mol. The van der Waals surface area contributed by atoms with Crippen molar-refractivity contribution in [2.45, 2.75) is 38.0 Å². The van der Waals surface area contributed by atoms with E-state index < -0.39 is 0 Å². The molecule has 1 fully saturated rings. The first kappa shape index (κ1) is 20.0. The fourth-order valence-corrected chi connectivity index (χ4v) is 4.63. The molecule has 1 saturated heterocycles. The molecular formula is C27H29NO3. The zero-order valence-electron chi connectivity index (χ0n) is 18.0. The normalized spacial score (nSPS) is 17.2. The molecule has 4 heteroatoms. The molecule has 4 nitrogen and oxygen atoms in total. The highest BCUT2D eigenvalue weighted by Crippen LogP contribution is 2.42. The van der Waals surface area contributed by atoms with Gasteiger partial charge < -0.3 is 14.2 Å². The number of fused-ring (bicyclic) bond motifs is 1. The van der Waals surface area contributed by atoms with Crippen molar-refractivity contribution >= 4 is 0 Å². The summed E-state index contributed by atoms with van der Waals surface area (Å²) in [7, 11) is 1.68. The molecule has 31 heavy (non-hydrogen) atoms. The van der Waals surface area contributed by atoms with Crippen molar-refractivity contribution in [1.82, 2.24) is 4.90 Å². The molecule has 0 unspecified atom stereocenters. The van der Waals surface area contributed by atoms with Crippen LogP contribution in [0.2, 0.25) is 0 Å². The SMILES string of the molecule is COc1ccc(COc2ccc3c(c2)CC2(CCN(Cc4ccccc4)CC2)O3)cc1. The van der Waals surface area contributed by atoms with E-state index in [0.717, 1.165) is 61.7 Å². The zero-order chi connectivity index (χ0) is 21.1. The largest absolute Gasteiger partial charge is 0.497 e. The smallest absolute Gasteiger partial charge is 0.123 e. The Morgan fingerprint density at radius 1 is 0.871 bits per heavy atom. The van der Waals surface area contributed by atoms with Crippen molar-refractivity contribution in [2.24, 2.45) is 0 Å². The fourth-order valence-electron chi connectivity index (χ4n) is 4.63. The van der Waals surface area contributed by atoms with E-state index in [0.29, 0.717) is 6.61 Å². The highest BCUT2D eigenvalue weighted by atomic mass is 16.5. The topological polar surface area (TPSA) is 30.9 Å². The minimum absolute atomic E-state index is 0.0515. The molecule has 3 aromatic rings. The van der Waals surface area contributed by atoms with Gasteiger partial charge in [-0.25, -0.2) is 0 Å². The molecule has 1 spiro atoms. The molecule has 0 saturated carbocycles. The number of nitrogens with zero attached hydrogens (tertiary/aromatic N) is 1. The predicted molar refractivity (Wildman–Crippen MR) is 122 cm³/mol.